The first kappa shape index (κ1) is 17.0. The summed E-state index contributed by atoms with van der Waals surface area (Å²) in [5.41, 5.74) is 0.801. The normalized spacial score (nSPS) is 20.5. The maximum absolute atomic E-state index is 12.3. The van der Waals surface area contributed by atoms with E-state index < -0.39 is 12.1 Å². The van der Waals surface area contributed by atoms with Gasteiger partial charge in [-0.3, -0.25) is 14.4 Å². The number of rotatable bonds is 6. The molecule has 0 saturated carbocycles. The summed E-state index contributed by atoms with van der Waals surface area (Å²) in [5, 5.41) is 5.51. The predicted octanol–water partition coefficient (Wildman–Crippen LogP) is 0.312. The molecule has 0 radical (unpaired) electrons. The van der Waals surface area contributed by atoms with E-state index in [1.165, 1.54) is 7.11 Å². The van der Waals surface area contributed by atoms with Crippen molar-refractivity contribution in [1.82, 2.24) is 10.6 Å². The Hall–Kier alpha value is -2.41. The Morgan fingerprint density at radius 1 is 1.35 bits per heavy atom. The van der Waals surface area contributed by atoms with Crippen LogP contribution < -0.4 is 10.6 Å². The van der Waals surface area contributed by atoms with Gasteiger partial charge in [0, 0.05) is 13.0 Å². The Bertz CT molecular complexity index is 561. The number of methoxy groups -OCH3 is 1. The zero-order valence-corrected chi connectivity index (χ0v) is 12.9. The Morgan fingerprint density at radius 3 is 2.78 bits per heavy atom. The van der Waals surface area contributed by atoms with Crippen LogP contribution in [0.1, 0.15) is 24.4 Å². The highest BCUT2D eigenvalue weighted by Gasteiger charge is 2.35. The summed E-state index contributed by atoms with van der Waals surface area (Å²) < 4.78 is 9.94. The van der Waals surface area contributed by atoms with Crippen molar-refractivity contribution in [3.63, 3.8) is 0 Å². The van der Waals surface area contributed by atoms with Crippen molar-refractivity contribution in [2.75, 3.05) is 20.3 Å². The van der Waals surface area contributed by atoms with Gasteiger partial charge in [-0.15, -0.1) is 0 Å². The zero-order chi connectivity index (χ0) is 16.7. The van der Waals surface area contributed by atoms with Crippen molar-refractivity contribution in [3.05, 3.63) is 35.9 Å². The lowest BCUT2D eigenvalue weighted by molar-refractivity contribution is -0.148. The minimum atomic E-state index is -0.798. The molecule has 1 fully saturated rings. The van der Waals surface area contributed by atoms with Crippen LogP contribution in [0, 0.1) is 0 Å². The largest absolute Gasteiger partial charge is 0.469 e. The summed E-state index contributed by atoms with van der Waals surface area (Å²) >= 11 is 0. The van der Waals surface area contributed by atoms with Crippen LogP contribution in [0.5, 0.6) is 0 Å². The zero-order valence-electron chi connectivity index (χ0n) is 12.9. The van der Waals surface area contributed by atoms with Crippen LogP contribution in [0.2, 0.25) is 0 Å². The summed E-state index contributed by atoms with van der Waals surface area (Å²) in [4.78, 5) is 34.9. The standard InChI is InChI=1S/C16H20N2O5/c1-22-13(20)8-5-9-17-16(21)15-14(18-12(19)10-23-15)11-6-3-2-4-7-11/h2-4,6-7,14-15H,5,8-10H2,1H3,(H,17,21)(H,18,19)/t14-,15+/m1/s1. The monoisotopic (exact) mass is 320 g/mol. The smallest absolute Gasteiger partial charge is 0.305 e. The molecule has 0 aliphatic carbocycles. The Labute approximate surface area is 134 Å². The number of carbonyl (C=O) groups excluding carboxylic acids is 3. The molecule has 1 saturated heterocycles. The molecule has 2 N–H and O–H groups in total. The minimum Gasteiger partial charge on any atom is -0.469 e. The van der Waals surface area contributed by atoms with Crippen molar-refractivity contribution >= 4 is 17.8 Å². The van der Waals surface area contributed by atoms with Gasteiger partial charge in [-0.1, -0.05) is 30.3 Å². The molecule has 7 heteroatoms. The molecule has 124 valence electrons. The van der Waals surface area contributed by atoms with Gasteiger partial charge >= 0.3 is 5.97 Å². The fourth-order valence-corrected chi connectivity index (χ4v) is 2.35. The highest BCUT2D eigenvalue weighted by atomic mass is 16.5. The van der Waals surface area contributed by atoms with Crippen LogP contribution in [-0.2, 0) is 23.9 Å². The van der Waals surface area contributed by atoms with Gasteiger partial charge in [-0.25, -0.2) is 0 Å². The molecule has 1 aromatic carbocycles. The SMILES string of the molecule is COC(=O)CCCNC(=O)[C@H]1OCC(=O)N[C@@H]1c1ccccc1. The highest BCUT2D eigenvalue weighted by Crippen LogP contribution is 2.22. The molecule has 1 aromatic rings. The van der Waals surface area contributed by atoms with E-state index in [4.69, 9.17) is 4.74 Å². The van der Waals surface area contributed by atoms with E-state index in [1.54, 1.807) is 0 Å². The van der Waals surface area contributed by atoms with Crippen LogP contribution in [0.15, 0.2) is 30.3 Å². The quantitative estimate of drug-likeness (QED) is 0.581. The van der Waals surface area contributed by atoms with Gasteiger partial charge in [0.05, 0.1) is 13.2 Å². The van der Waals surface area contributed by atoms with Crippen LogP contribution >= 0.6 is 0 Å². The van der Waals surface area contributed by atoms with Crippen molar-refractivity contribution < 1.29 is 23.9 Å². The third-order valence-corrected chi connectivity index (χ3v) is 3.51. The van der Waals surface area contributed by atoms with Crippen molar-refractivity contribution in [2.24, 2.45) is 0 Å². The topological polar surface area (TPSA) is 93.7 Å². The molecule has 1 aliphatic rings. The molecule has 0 unspecified atom stereocenters. The van der Waals surface area contributed by atoms with E-state index in [0.29, 0.717) is 13.0 Å². The van der Waals surface area contributed by atoms with E-state index in [2.05, 4.69) is 15.4 Å². The summed E-state index contributed by atoms with van der Waals surface area (Å²) in [6.45, 7) is 0.187. The maximum Gasteiger partial charge on any atom is 0.305 e. The van der Waals surface area contributed by atoms with Crippen LogP contribution in [0.4, 0.5) is 0 Å². The maximum atomic E-state index is 12.3. The van der Waals surface area contributed by atoms with Crippen molar-refractivity contribution in [2.45, 2.75) is 25.0 Å². The molecule has 23 heavy (non-hydrogen) atoms. The van der Waals surface area contributed by atoms with Crippen LogP contribution in [-0.4, -0.2) is 44.1 Å². The Balaban J connectivity index is 1.94. The van der Waals surface area contributed by atoms with Gasteiger partial charge in [-0.2, -0.15) is 0 Å². The van der Waals surface area contributed by atoms with Crippen molar-refractivity contribution in [3.8, 4) is 0 Å². The van der Waals surface area contributed by atoms with Crippen LogP contribution in [0.3, 0.4) is 0 Å². The van der Waals surface area contributed by atoms with Gasteiger partial charge in [-0.05, 0) is 12.0 Å². The Kier molecular flexibility index (Phi) is 6.10. The fourth-order valence-electron chi connectivity index (χ4n) is 2.35. The lowest BCUT2D eigenvalue weighted by atomic mass is 9.99. The molecule has 0 aromatic heterocycles. The second-order valence-electron chi connectivity index (χ2n) is 5.16. The molecule has 2 amide bonds. The molecular weight excluding hydrogens is 300 g/mol. The highest BCUT2D eigenvalue weighted by molar-refractivity contribution is 5.86. The number of carbonyl (C=O) groups is 3. The molecular formula is C16H20N2O5. The minimum absolute atomic E-state index is 0.149. The predicted molar refractivity (Wildman–Crippen MR) is 81.3 cm³/mol. The number of ether oxygens (including phenoxy) is 2. The first-order valence-corrected chi connectivity index (χ1v) is 7.42. The lowest BCUT2D eigenvalue weighted by Gasteiger charge is -2.31. The first-order valence-electron chi connectivity index (χ1n) is 7.42. The average Bonchev–Trinajstić information content (AvgIpc) is 2.59. The third-order valence-electron chi connectivity index (χ3n) is 3.51. The number of amides is 2. The van der Waals surface area contributed by atoms with Gasteiger partial charge in [0.2, 0.25) is 5.91 Å². The number of hydrogen-bond donors (Lipinski definition) is 2. The molecule has 2 rings (SSSR count). The molecule has 1 aliphatic heterocycles. The molecule has 7 nitrogen and oxygen atoms in total. The molecule has 0 bridgehead atoms. The average molecular weight is 320 g/mol. The second kappa shape index (κ2) is 8.28. The summed E-state index contributed by atoms with van der Waals surface area (Å²) in [6, 6.07) is 8.66. The number of benzene rings is 1. The number of morpholine rings is 1. The molecule has 2 atom stereocenters. The van der Waals surface area contributed by atoms with Gasteiger partial charge in [0.25, 0.3) is 5.91 Å². The van der Waals surface area contributed by atoms with E-state index in [0.717, 1.165) is 5.56 Å². The summed E-state index contributed by atoms with van der Waals surface area (Å²) in [7, 11) is 1.32. The van der Waals surface area contributed by atoms with E-state index in [-0.39, 0.29) is 30.8 Å². The molecule has 0 spiro atoms. The fraction of sp³-hybridized carbons (Fsp3) is 0.438. The van der Waals surface area contributed by atoms with Crippen molar-refractivity contribution in [1.29, 1.82) is 0 Å². The third kappa shape index (κ3) is 4.79. The summed E-state index contributed by atoms with van der Waals surface area (Å²) in [5.74, 6) is -0.889. The second-order valence-corrected chi connectivity index (χ2v) is 5.16. The number of nitrogens with one attached hydrogen (secondary N) is 2. The Morgan fingerprint density at radius 2 is 2.09 bits per heavy atom. The molecule has 1 heterocycles. The number of hydrogen-bond acceptors (Lipinski definition) is 5. The lowest BCUT2D eigenvalue weighted by Crippen LogP contribution is -2.52. The van der Waals surface area contributed by atoms with Gasteiger partial charge < -0.3 is 20.1 Å². The summed E-state index contributed by atoms with van der Waals surface area (Å²) in [6.07, 6.45) is -0.0810. The van der Waals surface area contributed by atoms with Crippen LogP contribution in [0.25, 0.3) is 0 Å². The van der Waals surface area contributed by atoms with Gasteiger partial charge in [0.1, 0.15) is 6.61 Å². The van der Waals surface area contributed by atoms with E-state index in [9.17, 15) is 14.4 Å². The van der Waals surface area contributed by atoms with E-state index in [1.807, 2.05) is 30.3 Å². The number of esters is 1. The first-order chi connectivity index (χ1) is 11.1. The van der Waals surface area contributed by atoms with Gasteiger partial charge in [0.15, 0.2) is 6.10 Å². The van der Waals surface area contributed by atoms with E-state index >= 15 is 0 Å².